The maximum atomic E-state index is 13.2. The van der Waals surface area contributed by atoms with Crippen molar-refractivity contribution >= 4 is 0 Å². The van der Waals surface area contributed by atoms with Crippen LogP contribution in [-0.4, -0.2) is 16.4 Å². The van der Waals surface area contributed by atoms with Crippen LogP contribution in [0.2, 0.25) is 0 Å². The highest BCUT2D eigenvalue weighted by atomic mass is 19.1. The Hall–Kier alpha value is -1.84. The van der Waals surface area contributed by atoms with Crippen LogP contribution in [0.3, 0.4) is 0 Å². The molecule has 0 radical (unpaired) electrons. The SMILES string of the molecule is CCOc1cc(F)ccc1-c1ccn(CC)n1. The van der Waals surface area contributed by atoms with E-state index in [9.17, 15) is 4.39 Å². The number of nitrogens with zero attached hydrogens (tertiary/aromatic N) is 2. The summed E-state index contributed by atoms with van der Waals surface area (Å²) < 4.78 is 20.4. The first-order valence-electron chi connectivity index (χ1n) is 5.70. The monoisotopic (exact) mass is 234 g/mol. The molecule has 0 saturated carbocycles. The fourth-order valence-electron chi connectivity index (χ4n) is 1.66. The van der Waals surface area contributed by atoms with E-state index >= 15 is 0 Å². The van der Waals surface area contributed by atoms with Crippen molar-refractivity contribution in [2.24, 2.45) is 0 Å². The van der Waals surface area contributed by atoms with Crippen molar-refractivity contribution < 1.29 is 9.13 Å². The summed E-state index contributed by atoms with van der Waals surface area (Å²) in [6, 6.07) is 6.41. The molecule has 0 aliphatic carbocycles. The van der Waals surface area contributed by atoms with E-state index in [1.807, 2.05) is 30.8 Å². The number of hydrogen-bond donors (Lipinski definition) is 0. The number of aromatic nitrogens is 2. The van der Waals surface area contributed by atoms with E-state index in [1.54, 1.807) is 6.07 Å². The molecule has 1 aromatic carbocycles. The molecule has 2 rings (SSSR count). The molecule has 3 nitrogen and oxygen atoms in total. The number of benzene rings is 1. The number of halogens is 1. The number of ether oxygens (including phenoxy) is 1. The highest BCUT2D eigenvalue weighted by Gasteiger charge is 2.10. The van der Waals surface area contributed by atoms with Gasteiger partial charge in [-0.05, 0) is 32.0 Å². The van der Waals surface area contributed by atoms with Crippen molar-refractivity contribution in [1.82, 2.24) is 9.78 Å². The molecule has 0 amide bonds. The molecule has 2 aromatic rings. The van der Waals surface area contributed by atoms with Crippen molar-refractivity contribution in [3.8, 4) is 17.0 Å². The van der Waals surface area contributed by atoms with Gasteiger partial charge in [-0.1, -0.05) is 0 Å². The van der Waals surface area contributed by atoms with Crippen LogP contribution in [0.5, 0.6) is 5.75 Å². The van der Waals surface area contributed by atoms with Crippen LogP contribution in [-0.2, 0) is 6.54 Å². The van der Waals surface area contributed by atoms with Gasteiger partial charge in [0.1, 0.15) is 11.6 Å². The molecular formula is C13H15FN2O. The normalized spacial score (nSPS) is 10.5. The van der Waals surface area contributed by atoms with Gasteiger partial charge in [0.2, 0.25) is 0 Å². The Balaban J connectivity index is 2.42. The van der Waals surface area contributed by atoms with Gasteiger partial charge in [0.25, 0.3) is 0 Å². The minimum absolute atomic E-state index is 0.299. The summed E-state index contributed by atoms with van der Waals surface area (Å²) in [5.74, 6) is 0.237. The van der Waals surface area contributed by atoms with E-state index in [0.717, 1.165) is 17.8 Å². The van der Waals surface area contributed by atoms with Gasteiger partial charge in [-0.25, -0.2) is 4.39 Å². The van der Waals surface area contributed by atoms with Gasteiger partial charge in [-0.2, -0.15) is 5.10 Å². The first-order valence-corrected chi connectivity index (χ1v) is 5.70. The summed E-state index contributed by atoms with van der Waals surface area (Å²) in [4.78, 5) is 0. The summed E-state index contributed by atoms with van der Waals surface area (Å²) in [5.41, 5.74) is 1.62. The second-order valence-corrected chi connectivity index (χ2v) is 3.63. The van der Waals surface area contributed by atoms with Crippen LogP contribution in [0.25, 0.3) is 11.3 Å². The lowest BCUT2D eigenvalue weighted by Crippen LogP contribution is -1.97. The summed E-state index contributed by atoms with van der Waals surface area (Å²) in [7, 11) is 0. The average molecular weight is 234 g/mol. The van der Waals surface area contributed by atoms with Crippen molar-refractivity contribution in [2.45, 2.75) is 20.4 Å². The second-order valence-electron chi connectivity index (χ2n) is 3.63. The minimum Gasteiger partial charge on any atom is -0.493 e. The highest BCUT2D eigenvalue weighted by molar-refractivity contribution is 5.66. The molecule has 4 heteroatoms. The first-order chi connectivity index (χ1) is 8.24. The molecule has 0 aliphatic rings. The summed E-state index contributed by atoms with van der Waals surface area (Å²) >= 11 is 0. The fourth-order valence-corrected chi connectivity index (χ4v) is 1.66. The molecule has 0 atom stereocenters. The maximum Gasteiger partial charge on any atom is 0.131 e. The van der Waals surface area contributed by atoms with Gasteiger partial charge in [0, 0.05) is 24.4 Å². The van der Waals surface area contributed by atoms with E-state index in [-0.39, 0.29) is 5.82 Å². The van der Waals surface area contributed by atoms with Crippen molar-refractivity contribution in [2.75, 3.05) is 6.61 Å². The van der Waals surface area contributed by atoms with Gasteiger partial charge in [0.15, 0.2) is 0 Å². The van der Waals surface area contributed by atoms with E-state index in [4.69, 9.17) is 4.74 Å². The summed E-state index contributed by atoms with van der Waals surface area (Å²) in [6.07, 6.45) is 1.90. The zero-order chi connectivity index (χ0) is 12.3. The van der Waals surface area contributed by atoms with Gasteiger partial charge in [0.05, 0.1) is 12.3 Å². The molecule has 0 spiro atoms. The average Bonchev–Trinajstić information content (AvgIpc) is 2.78. The van der Waals surface area contributed by atoms with Crippen molar-refractivity contribution in [1.29, 1.82) is 0 Å². The zero-order valence-corrected chi connectivity index (χ0v) is 9.98. The maximum absolute atomic E-state index is 13.2. The van der Waals surface area contributed by atoms with Gasteiger partial charge < -0.3 is 4.74 Å². The Kier molecular flexibility index (Phi) is 3.42. The zero-order valence-electron chi connectivity index (χ0n) is 9.98. The summed E-state index contributed by atoms with van der Waals surface area (Å²) in [5, 5.41) is 4.39. The lowest BCUT2D eigenvalue weighted by molar-refractivity contribution is 0.339. The Morgan fingerprint density at radius 3 is 2.76 bits per heavy atom. The molecule has 1 aromatic heterocycles. The molecule has 0 fully saturated rings. The van der Waals surface area contributed by atoms with Crippen LogP contribution >= 0.6 is 0 Å². The highest BCUT2D eigenvalue weighted by Crippen LogP contribution is 2.29. The number of hydrogen-bond acceptors (Lipinski definition) is 2. The molecule has 90 valence electrons. The standard InChI is InChI=1S/C13H15FN2O/c1-3-16-8-7-12(15-16)11-6-5-10(14)9-13(11)17-4-2/h5-9H,3-4H2,1-2H3. The minimum atomic E-state index is -0.299. The molecule has 0 N–H and O–H groups in total. The molecule has 17 heavy (non-hydrogen) atoms. The molecule has 0 saturated heterocycles. The topological polar surface area (TPSA) is 27.1 Å². The predicted molar refractivity (Wildman–Crippen MR) is 64.5 cm³/mol. The van der Waals surface area contributed by atoms with Crippen LogP contribution in [0.1, 0.15) is 13.8 Å². The number of rotatable bonds is 4. The van der Waals surface area contributed by atoms with E-state index < -0.39 is 0 Å². The van der Waals surface area contributed by atoms with Crippen molar-refractivity contribution in [3.05, 3.63) is 36.3 Å². The van der Waals surface area contributed by atoms with Crippen LogP contribution in [0.15, 0.2) is 30.5 Å². The quantitative estimate of drug-likeness (QED) is 0.812. The third-order valence-electron chi connectivity index (χ3n) is 2.48. The first kappa shape index (κ1) is 11.6. The molecular weight excluding hydrogens is 219 g/mol. The van der Waals surface area contributed by atoms with E-state index in [1.165, 1.54) is 12.1 Å². The largest absolute Gasteiger partial charge is 0.493 e. The van der Waals surface area contributed by atoms with Gasteiger partial charge in [-0.15, -0.1) is 0 Å². The second kappa shape index (κ2) is 4.99. The lowest BCUT2D eigenvalue weighted by Gasteiger charge is -2.08. The molecule has 0 aliphatic heterocycles. The van der Waals surface area contributed by atoms with Crippen LogP contribution < -0.4 is 4.74 Å². The summed E-state index contributed by atoms with van der Waals surface area (Å²) in [6.45, 7) is 5.21. The Labute approximate surface area is 99.8 Å². The Bertz CT molecular complexity index is 508. The molecule has 0 bridgehead atoms. The third kappa shape index (κ3) is 2.46. The van der Waals surface area contributed by atoms with Crippen LogP contribution in [0.4, 0.5) is 4.39 Å². The van der Waals surface area contributed by atoms with E-state index in [2.05, 4.69) is 5.10 Å². The van der Waals surface area contributed by atoms with E-state index in [0.29, 0.717) is 12.4 Å². The molecule has 1 heterocycles. The Morgan fingerprint density at radius 1 is 1.29 bits per heavy atom. The van der Waals surface area contributed by atoms with Crippen molar-refractivity contribution in [3.63, 3.8) is 0 Å². The molecule has 0 unspecified atom stereocenters. The third-order valence-corrected chi connectivity index (χ3v) is 2.48. The smallest absolute Gasteiger partial charge is 0.131 e. The number of aryl methyl sites for hydroxylation is 1. The predicted octanol–water partition coefficient (Wildman–Crippen LogP) is 3.11. The lowest BCUT2D eigenvalue weighted by atomic mass is 10.1. The van der Waals surface area contributed by atoms with Gasteiger partial charge in [-0.3, -0.25) is 4.68 Å². The van der Waals surface area contributed by atoms with Crippen LogP contribution in [0, 0.1) is 5.82 Å². The Morgan fingerprint density at radius 2 is 2.12 bits per heavy atom. The fraction of sp³-hybridized carbons (Fsp3) is 0.308. The van der Waals surface area contributed by atoms with Gasteiger partial charge >= 0.3 is 0 Å².